The molecule has 2 aromatic rings. The third-order valence-electron chi connectivity index (χ3n) is 2.81. The number of hydrogen-bond acceptors (Lipinski definition) is 3. The molecule has 5 heteroatoms. The summed E-state index contributed by atoms with van der Waals surface area (Å²) in [5.41, 5.74) is 0.932. The normalized spacial score (nSPS) is 10.4. The highest BCUT2D eigenvalue weighted by molar-refractivity contribution is 5.42. The third-order valence-corrected chi connectivity index (χ3v) is 2.81. The Morgan fingerprint density at radius 3 is 2.50 bits per heavy atom. The Balaban J connectivity index is 2.14. The summed E-state index contributed by atoms with van der Waals surface area (Å²) < 4.78 is 36.9. The molecule has 0 atom stereocenters. The number of hydrogen-bond donors (Lipinski definition) is 1. The third kappa shape index (κ3) is 3.24. The maximum absolute atomic E-state index is 13.5. The molecule has 1 N–H and O–H groups in total. The van der Waals surface area contributed by atoms with Gasteiger partial charge in [-0.2, -0.15) is 0 Å². The number of halogens is 2. The van der Waals surface area contributed by atoms with Gasteiger partial charge in [0.05, 0.1) is 13.7 Å². The Bertz CT molecular complexity index is 600. The van der Waals surface area contributed by atoms with E-state index < -0.39 is 11.6 Å². The molecule has 0 aliphatic heterocycles. The van der Waals surface area contributed by atoms with Crippen molar-refractivity contribution >= 4 is 0 Å². The summed E-state index contributed by atoms with van der Waals surface area (Å²) in [6.07, 6.45) is 0. The summed E-state index contributed by atoms with van der Waals surface area (Å²) in [6, 6.07) is 8.26. The second-order valence-corrected chi connectivity index (χ2v) is 4.17. The summed E-state index contributed by atoms with van der Waals surface area (Å²) in [5, 5.41) is 9.04. The molecule has 0 aromatic heterocycles. The summed E-state index contributed by atoms with van der Waals surface area (Å²) in [4.78, 5) is 0. The number of ether oxygens (including phenoxy) is 2. The van der Waals surface area contributed by atoms with Gasteiger partial charge in [-0.25, -0.2) is 8.78 Å². The minimum Gasteiger partial charge on any atom is -0.493 e. The SMILES string of the molecule is COc1cc(CO)ccc1OCc1ccc(F)cc1F. The van der Waals surface area contributed by atoms with E-state index in [9.17, 15) is 8.78 Å². The van der Waals surface area contributed by atoms with Crippen LogP contribution in [0.5, 0.6) is 11.5 Å². The number of aliphatic hydroxyl groups excluding tert-OH is 1. The smallest absolute Gasteiger partial charge is 0.161 e. The van der Waals surface area contributed by atoms with E-state index in [1.54, 1.807) is 18.2 Å². The van der Waals surface area contributed by atoms with E-state index in [0.29, 0.717) is 17.1 Å². The molecule has 0 aliphatic carbocycles. The monoisotopic (exact) mass is 280 g/mol. The zero-order valence-corrected chi connectivity index (χ0v) is 10.9. The van der Waals surface area contributed by atoms with Gasteiger partial charge in [-0.05, 0) is 29.8 Å². The van der Waals surface area contributed by atoms with Crippen LogP contribution < -0.4 is 9.47 Å². The van der Waals surface area contributed by atoms with Crippen molar-refractivity contribution in [3.63, 3.8) is 0 Å². The van der Waals surface area contributed by atoms with Crippen molar-refractivity contribution in [3.05, 3.63) is 59.2 Å². The molecule has 0 aliphatic rings. The van der Waals surface area contributed by atoms with Crippen molar-refractivity contribution in [1.29, 1.82) is 0 Å². The van der Waals surface area contributed by atoms with Crippen LogP contribution in [0.25, 0.3) is 0 Å². The second kappa shape index (κ2) is 6.34. The highest BCUT2D eigenvalue weighted by Gasteiger charge is 2.08. The topological polar surface area (TPSA) is 38.7 Å². The van der Waals surface area contributed by atoms with Crippen molar-refractivity contribution in [2.24, 2.45) is 0 Å². The fraction of sp³-hybridized carbons (Fsp3) is 0.200. The van der Waals surface area contributed by atoms with Crippen LogP contribution in [-0.2, 0) is 13.2 Å². The first-order valence-electron chi connectivity index (χ1n) is 5.98. The van der Waals surface area contributed by atoms with Gasteiger partial charge in [-0.1, -0.05) is 6.07 Å². The average Bonchev–Trinajstić information content (AvgIpc) is 2.46. The quantitative estimate of drug-likeness (QED) is 0.915. The zero-order chi connectivity index (χ0) is 14.5. The average molecular weight is 280 g/mol. The van der Waals surface area contributed by atoms with E-state index in [0.717, 1.165) is 6.07 Å². The lowest BCUT2D eigenvalue weighted by molar-refractivity contribution is 0.272. The summed E-state index contributed by atoms with van der Waals surface area (Å²) >= 11 is 0. The molecular weight excluding hydrogens is 266 g/mol. The molecule has 0 fully saturated rings. The van der Waals surface area contributed by atoms with Crippen LogP contribution in [0, 0.1) is 11.6 Å². The maximum Gasteiger partial charge on any atom is 0.161 e. The van der Waals surface area contributed by atoms with E-state index in [4.69, 9.17) is 14.6 Å². The van der Waals surface area contributed by atoms with Gasteiger partial charge in [0.25, 0.3) is 0 Å². The van der Waals surface area contributed by atoms with Crippen molar-refractivity contribution in [3.8, 4) is 11.5 Å². The minimum atomic E-state index is -0.657. The van der Waals surface area contributed by atoms with Gasteiger partial charge in [0.2, 0.25) is 0 Å². The number of methoxy groups -OCH3 is 1. The molecule has 0 bridgehead atoms. The van der Waals surface area contributed by atoms with E-state index in [1.165, 1.54) is 19.2 Å². The van der Waals surface area contributed by atoms with Crippen LogP contribution in [0.1, 0.15) is 11.1 Å². The van der Waals surface area contributed by atoms with Gasteiger partial charge < -0.3 is 14.6 Å². The van der Waals surface area contributed by atoms with Crippen LogP contribution in [-0.4, -0.2) is 12.2 Å². The molecule has 0 radical (unpaired) electrons. The van der Waals surface area contributed by atoms with Crippen molar-refractivity contribution < 1.29 is 23.4 Å². The van der Waals surface area contributed by atoms with E-state index in [1.807, 2.05) is 0 Å². The van der Waals surface area contributed by atoms with Crippen LogP contribution in [0.3, 0.4) is 0 Å². The van der Waals surface area contributed by atoms with Crippen LogP contribution in [0.2, 0.25) is 0 Å². The second-order valence-electron chi connectivity index (χ2n) is 4.17. The predicted octanol–water partition coefficient (Wildman–Crippen LogP) is 3.04. The molecule has 0 saturated heterocycles. The van der Waals surface area contributed by atoms with Gasteiger partial charge in [0, 0.05) is 11.6 Å². The van der Waals surface area contributed by atoms with E-state index in [-0.39, 0.29) is 18.8 Å². The Morgan fingerprint density at radius 1 is 1.05 bits per heavy atom. The zero-order valence-electron chi connectivity index (χ0n) is 10.9. The predicted molar refractivity (Wildman–Crippen MR) is 69.6 cm³/mol. The first kappa shape index (κ1) is 14.3. The van der Waals surface area contributed by atoms with Gasteiger partial charge in [-0.3, -0.25) is 0 Å². The first-order valence-corrected chi connectivity index (χ1v) is 5.98. The largest absolute Gasteiger partial charge is 0.493 e. The molecule has 0 saturated carbocycles. The summed E-state index contributed by atoms with van der Waals surface area (Å²) in [7, 11) is 1.47. The van der Waals surface area contributed by atoms with Gasteiger partial charge in [0.1, 0.15) is 18.2 Å². The summed E-state index contributed by atoms with van der Waals surface area (Å²) in [5.74, 6) is -0.417. The van der Waals surface area contributed by atoms with Crippen LogP contribution in [0.4, 0.5) is 8.78 Å². The fourth-order valence-corrected chi connectivity index (χ4v) is 1.72. The Hall–Kier alpha value is -2.14. The highest BCUT2D eigenvalue weighted by Crippen LogP contribution is 2.29. The van der Waals surface area contributed by atoms with Gasteiger partial charge in [0.15, 0.2) is 11.5 Å². The molecule has 20 heavy (non-hydrogen) atoms. The van der Waals surface area contributed by atoms with E-state index >= 15 is 0 Å². The maximum atomic E-state index is 13.5. The molecule has 0 heterocycles. The molecule has 0 amide bonds. The lowest BCUT2D eigenvalue weighted by Gasteiger charge is -2.12. The molecule has 2 rings (SSSR count). The molecule has 0 spiro atoms. The standard InChI is InChI=1S/C15H14F2O3/c1-19-15-6-10(8-18)2-5-14(15)20-9-11-3-4-12(16)7-13(11)17/h2-7,18H,8-9H2,1H3. The molecule has 2 aromatic carbocycles. The number of rotatable bonds is 5. The molecular formula is C15H14F2O3. The number of benzene rings is 2. The Morgan fingerprint density at radius 2 is 1.85 bits per heavy atom. The molecule has 0 unspecified atom stereocenters. The molecule has 3 nitrogen and oxygen atoms in total. The van der Waals surface area contributed by atoms with Crippen molar-refractivity contribution in [2.45, 2.75) is 13.2 Å². The number of aliphatic hydroxyl groups is 1. The molecule has 106 valence electrons. The lowest BCUT2D eigenvalue weighted by atomic mass is 10.2. The van der Waals surface area contributed by atoms with Crippen molar-refractivity contribution in [2.75, 3.05) is 7.11 Å². The van der Waals surface area contributed by atoms with Gasteiger partial charge in [-0.15, -0.1) is 0 Å². The van der Waals surface area contributed by atoms with Crippen molar-refractivity contribution in [1.82, 2.24) is 0 Å². The highest BCUT2D eigenvalue weighted by atomic mass is 19.1. The van der Waals surface area contributed by atoms with E-state index in [2.05, 4.69) is 0 Å². The Kier molecular flexibility index (Phi) is 4.53. The fourth-order valence-electron chi connectivity index (χ4n) is 1.72. The van der Waals surface area contributed by atoms with Crippen LogP contribution in [0.15, 0.2) is 36.4 Å². The minimum absolute atomic E-state index is 0.0407. The lowest BCUT2D eigenvalue weighted by Crippen LogP contribution is -2.01. The van der Waals surface area contributed by atoms with Gasteiger partial charge >= 0.3 is 0 Å². The first-order chi connectivity index (χ1) is 9.63. The van der Waals surface area contributed by atoms with Crippen LogP contribution >= 0.6 is 0 Å². The Labute approximate surface area is 115 Å². The summed E-state index contributed by atoms with van der Waals surface area (Å²) in [6.45, 7) is -0.149.